The highest BCUT2D eigenvalue weighted by Gasteiger charge is 2.12. The second-order valence-corrected chi connectivity index (χ2v) is 6.63. The minimum absolute atomic E-state index is 0.500. The van der Waals surface area contributed by atoms with Crippen molar-refractivity contribution in [1.82, 2.24) is 4.98 Å². The molecule has 0 aliphatic heterocycles. The van der Waals surface area contributed by atoms with Gasteiger partial charge < -0.3 is 14.5 Å². The largest absolute Gasteiger partial charge is 0.493 e. The predicted molar refractivity (Wildman–Crippen MR) is 111 cm³/mol. The third kappa shape index (κ3) is 5.08. The van der Waals surface area contributed by atoms with Gasteiger partial charge in [-0.3, -0.25) is 0 Å². The lowest BCUT2D eigenvalue weighted by atomic mass is 10.1. The Hall–Kier alpha value is -2.86. The number of H-pyrrole nitrogens is 1. The van der Waals surface area contributed by atoms with Crippen molar-refractivity contribution in [3.63, 3.8) is 0 Å². The van der Waals surface area contributed by atoms with E-state index in [4.69, 9.17) is 9.47 Å². The second-order valence-electron chi connectivity index (χ2n) is 6.63. The maximum atomic E-state index is 6.12. The van der Waals surface area contributed by atoms with E-state index in [1.54, 1.807) is 7.11 Å². The summed E-state index contributed by atoms with van der Waals surface area (Å²) in [6.07, 6.45) is 5.90. The maximum absolute atomic E-state index is 6.12. The Morgan fingerprint density at radius 1 is 1.00 bits per heavy atom. The molecule has 0 aliphatic carbocycles. The molecular formula is C24H27NO2. The summed E-state index contributed by atoms with van der Waals surface area (Å²) in [5.74, 6) is 8.01. The van der Waals surface area contributed by atoms with Crippen molar-refractivity contribution in [2.75, 3.05) is 7.11 Å². The summed E-state index contributed by atoms with van der Waals surface area (Å²) in [5, 5.41) is 1.00. The average molecular weight is 361 g/mol. The molecule has 0 aliphatic rings. The standard InChI is InChI=1S/C24H27NO2/c1-3-4-5-6-7-11-14-20-17-21-22(25-20)15-16-23(26-2)24(21)27-18-19-12-9-8-10-13-19/h8-10,12-13,15-17,25H,3-7,18H2,1-2H3. The third-order valence-corrected chi connectivity index (χ3v) is 4.54. The number of benzene rings is 2. The van der Waals surface area contributed by atoms with Gasteiger partial charge in [-0.15, -0.1) is 0 Å². The topological polar surface area (TPSA) is 34.2 Å². The van der Waals surface area contributed by atoms with Crippen LogP contribution in [0.4, 0.5) is 0 Å². The average Bonchev–Trinajstić information content (AvgIpc) is 3.12. The Morgan fingerprint density at radius 3 is 2.63 bits per heavy atom. The second kappa shape index (κ2) is 9.73. The molecule has 0 radical (unpaired) electrons. The molecule has 0 saturated heterocycles. The Kier molecular flexibility index (Phi) is 6.82. The molecule has 3 rings (SSSR count). The first-order valence-corrected chi connectivity index (χ1v) is 9.67. The Labute approximate surface area is 161 Å². The van der Waals surface area contributed by atoms with E-state index in [1.165, 1.54) is 25.7 Å². The summed E-state index contributed by atoms with van der Waals surface area (Å²) in [5.41, 5.74) is 3.05. The number of rotatable bonds is 8. The number of nitrogens with one attached hydrogen (secondary N) is 1. The molecule has 0 bridgehead atoms. The minimum Gasteiger partial charge on any atom is -0.493 e. The van der Waals surface area contributed by atoms with Crippen LogP contribution < -0.4 is 9.47 Å². The molecule has 1 heterocycles. The Morgan fingerprint density at radius 2 is 1.85 bits per heavy atom. The number of aromatic amines is 1. The quantitative estimate of drug-likeness (QED) is 0.390. The van der Waals surface area contributed by atoms with E-state index in [-0.39, 0.29) is 0 Å². The van der Waals surface area contributed by atoms with Crippen LogP contribution >= 0.6 is 0 Å². The molecule has 140 valence electrons. The van der Waals surface area contributed by atoms with Crippen molar-refractivity contribution < 1.29 is 9.47 Å². The van der Waals surface area contributed by atoms with E-state index < -0.39 is 0 Å². The van der Waals surface area contributed by atoms with Crippen LogP contribution in [0.5, 0.6) is 11.5 Å². The number of unbranched alkanes of at least 4 members (excludes halogenated alkanes) is 4. The van der Waals surface area contributed by atoms with Crippen LogP contribution in [0, 0.1) is 11.8 Å². The molecule has 27 heavy (non-hydrogen) atoms. The van der Waals surface area contributed by atoms with Crippen LogP contribution in [0.2, 0.25) is 0 Å². The predicted octanol–water partition coefficient (Wildman–Crippen LogP) is 6.08. The molecule has 0 unspecified atom stereocenters. The van der Waals surface area contributed by atoms with Crippen molar-refractivity contribution in [3.8, 4) is 23.3 Å². The number of hydrogen-bond acceptors (Lipinski definition) is 2. The first-order valence-electron chi connectivity index (χ1n) is 9.67. The molecule has 1 aromatic heterocycles. The van der Waals surface area contributed by atoms with Gasteiger partial charge in [0.15, 0.2) is 11.5 Å². The van der Waals surface area contributed by atoms with Gasteiger partial charge in [0.2, 0.25) is 0 Å². The number of hydrogen-bond donors (Lipinski definition) is 1. The minimum atomic E-state index is 0.500. The van der Waals surface area contributed by atoms with E-state index in [0.717, 1.165) is 40.1 Å². The highest BCUT2D eigenvalue weighted by atomic mass is 16.5. The van der Waals surface area contributed by atoms with Crippen LogP contribution in [-0.4, -0.2) is 12.1 Å². The molecule has 3 nitrogen and oxygen atoms in total. The van der Waals surface area contributed by atoms with E-state index in [0.29, 0.717) is 6.61 Å². The summed E-state index contributed by atoms with van der Waals surface area (Å²) in [6.45, 7) is 2.72. The molecule has 0 fully saturated rings. The van der Waals surface area contributed by atoms with Crippen molar-refractivity contribution in [3.05, 3.63) is 59.8 Å². The van der Waals surface area contributed by atoms with Gasteiger partial charge in [0.25, 0.3) is 0 Å². The number of aromatic nitrogens is 1. The Bertz CT molecular complexity index is 916. The first kappa shape index (κ1) is 18.9. The first-order chi connectivity index (χ1) is 13.3. The van der Waals surface area contributed by atoms with Crippen molar-refractivity contribution in [2.45, 2.75) is 45.6 Å². The fraction of sp³-hybridized carbons (Fsp3) is 0.333. The lowest BCUT2D eigenvalue weighted by Crippen LogP contribution is -1.97. The molecule has 0 amide bonds. The highest BCUT2D eigenvalue weighted by molar-refractivity contribution is 5.90. The summed E-state index contributed by atoms with van der Waals surface area (Å²) < 4.78 is 11.6. The van der Waals surface area contributed by atoms with E-state index in [9.17, 15) is 0 Å². The Balaban J connectivity index is 1.77. The highest BCUT2D eigenvalue weighted by Crippen LogP contribution is 2.36. The number of ether oxygens (including phenoxy) is 2. The zero-order chi connectivity index (χ0) is 18.9. The molecule has 3 aromatic rings. The van der Waals surface area contributed by atoms with E-state index in [1.807, 2.05) is 30.3 Å². The monoisotopic (exact) mass is 361 g/mol. The van der Waals surface area contributed by atoms with Crippen molar-refractivity contribution >= 4 is 10.9 Å². The SMILES string of the molecule is CCCCCCC#Cc1cc2c(OCc3ccccc3)c(OC)ccc2[nH]1. The molecule has 0 spiro atoms. The van der Waals surface area contributed by atoms with Gasteiger partial charge >= 0.3 is 0 Å². The molecule has 3 heteroatoms. The summed E-state index contributed by atoms with van der Waals surface area (Å²) in [7, 11) is 1.67. The smallest absolute Gasteiger partial charge is 0.171 e. The van der Waals surface area contributed by atoms with Gasteiger partial charge in [0.1, 0.15) is 6.61 Å². The maximum Gasteiger partial charge on any atom is 0.171 e. The van der Waals surface area contributed by atoms with Gasteiger partial charge in [-0.1, -0.05) is 62.4 Å². The summed E-state index contributed by atoms with van der Waals surface area (Å²) >= 11 is 0. The summed E-state index contributed by atoms with van der Waals surface area (Å²) in [6, 6.07) is 16.1. The van der Waals surface area contributed by atoms with Crippen LogP contribution in [0.15, 0.2) is 48.5 Å². The van der Waals surface area contributed by atoms with Crippen LogP contribution in [0.25, 0.3) is 10.9 Å². The van der Waals surface area contributed by atoms with Gasteiger partial charge in [0.05, 0.1) is 18.3 Å². The lowest BCUT2D eigenvalue weighted by Gasteiger charge is -2.11. The van der Waals surface area contributed by atoms with Gasteiger partial charge in [-0.25, -0.2) is 0 Å². The zero-order valence-corrected chi connectivity index (χ0v) is 16.2. The zero-order valence-electron chi connectivity index (χ0n) is 16.2. The van der Waals surface area contributed by atoms with Gasteiger partial charge in [-0.2, -0.15) is 0 Å². The van der Waals surface area contributed by atoms with E-state index >= 15 is 0 Å². The molecule has 0 saturated carbocycles. The van der Waals surface area contributed by atoms with Gasteiger partial charge in [-0.05, 0) is 36.1 Å². The summed E-state index contributed by atoms with van der Waals surface area (Å²) in [4.78, 5) is 3.38. The molecule has 1 N–H and O–H groups in total. The van der Waals surface area contributed by atoms with Crippen molar-refractivity contribution in [2.24, 2.45) is 0 Å². The van der Waals surface area contributed by atoms with Crippen LogP contribution in [0.3, 0.4) is 0 Å². The van der Waals surface area contributed by atoms with Crippen molar-refractivity contribution in [1.29, 1.82) is 0 Å². The number of fused-ring (bicyclic) bond motifs is 1. The lowest BCUT2D eigenvalue weighted by molar-refractivity contribution is 0.288. The molecular weight excluding hydrogens is 334 g/mol. The fourth-order valence-electron chi connectivity index (χ4n) is 3.06. The van der Waals surface area contributed by atoms with Crippen LogP contribution in [-0.2, 0) is 6.61 Å². The fourth-order valence-corrected chi connectivity index (χ4v) is 3.06. The van der Waals surface area contributed by atoms with Crippen LogP contribution in [0.1, 0.15) is 50.3 Å². The molecule has 2 aromatic carbocycles. The van der Waals surface area contributed by atoms with E-state index in [2.05, 4.69) is 41.9 Å². The normalized spacial score (nSPS) is 10.4. The number of methoxy groups -OCH3 is 1. The molecule has 0 atom stereocenters. The van der Waals surface area contributed by atoms with Gasteiger partial charge in [0, 0.05) is 11.8 Å². The third-order valence-electron chi connectivity index (χ3n) is 4.54.